The summed E-state index contributed by atoms with van der Waals surface area (Å²) in [4.78, 5) is 2.51. The van der Waals surface area contributed by atoms with Crippen LogP contribution in [-0.4, -0.2) is 4.57 Å². The average Bonchev–Trinajstić information content (AvgIpc) is 3.93. The first-order valence-corrected chi connectivity index (χ1v) is 20.8. The molecule has 0 N–H and O–H groups in total. The Labute approximate surface area is 349 Å². The molecule has 2 aromatic heterocycles. The molecule has 2 heterocycles. The van der Waals surface area contributed by atoms with Crippen LogP contribution in [0.15, 0.2) is 211 Å². The van der Waals surface area contributed by atoms with Crippen molar-refractivity contribution in [3.63, 3.8) is 0 Å². The molecule has 0 atom stereocenters. The van der Waals surface area contributed by atoms with Crippen molar-refractivity contribution in [2.45, 2.75) is 19.3 Å². The number of hydrogen-bond acceptors (Lipinski definition) is 2. The maximum absolute atomic E-state index is 6.74. The fourth-order valence-corrected chi connectivity index (χ4v) is 10.1. The number of furan rings is 1. The Bertz CT molecular complexity index is 3480. The second-order valence-corrected chi connectivity index (χ2v) is 16.4. The first kappa shape index (κ1) is 34.4. The van der Waals surface area contributed by atoms with Crippen molar-refractivity contribution in [3.05, 3.63) is 217 Å². The summed E-state index contributed by atoms with van der Waals surface area (Å²) in [6.07, 6.45) is 0. The van der Waals surface area contributed by atoms with Gasteiger partial charge in [-0.15, -0.1) is 0 Å². The van der Waals surface area contributed by atoms with Gasteiger partial charge in [-0.05, 0) is 70.3 Å². The maximum atomic E-state index is 6.74. The zero-order valence-electron chi connectivity index (χ0n) is 33.4. The highest BCUT2D eigenvalue weighted by atomic mass is 16.3. The summed E-state index contributed by atoms with van der Waals surface area (Å²) < 4.78 is 9.19. The Morgan fingerprint density at radius 2 is 0.933 bits per heavy atom. The Hall–Kier alpha value is -7.62. The molecule has 60 heavy (non-hydrogen) atoms. The highest BCUT2D eigenvalue weighted by Gasteiger charge is 2.37. The highest BCUT2D eigenvalue weighted by molar-refractivity contribution is 6.16. The van der Waals surface area contributed by atoms with Crippen molar-refractivity contribution >= 4 is 60.8 Å². The van der Waals surface area contributed by atoms with Crippen molar-refractivity contribution in [3.8, 4) is 39.1 Å². The minimum absolute atomic E-state index is 0.128. The van der Waals surface area contributed by atoms with E-state index >= 15 is 0 Å². The van der Waals surface area contributed by atoms with Crippen LogP contribution in [0.2, 0.25) is 0 Å². The van der Waals surface area contributed by atoms with E-state index in [-0.39, 0.29) is 5.41 Å². The largest absolute Gasteiger partial charge is 0.455 e. The lowest BCUT2D eigenvalue weighted by molar-refractivity contribution is 0.660. The van der Waals surface area contributed by atoms with E-state index in [4.69, 9.17) is 4.42 Å². The van der Waals surface area contributed by atoms with E-state index in [2.05, 4.69) is 224 Å². The predicted octanol–water partition coefficient (Wildman–Crippen LogP) is 15.8. The molecule has 3 nitrogen and oxygen atoms in total. The van der Waals surface area contributed by atoms with E-state index in [9.17, 15) is 0 Å². The number of para-hydroxylation sites is 7. The van der Waals surface area contributed by atoms with Crippen LogP contribution in [0.5, 0.6) is 0 Å². The Balaban J connectivity index is 1.21. The van der Waals surface area contributed by atoms with Gasteiger partial charge in [0.25, 0.3) is 0 Å². The number of fused-ring (bicyclic) bond motifs is 9. The van der Waals surface area contributed by atoms with Crippen LogP contribution < -0.4 is 4.90 Å². The van der Waals surface area contributed by atoms with Gasteiger partial charge >= 0.3 is 0 Å². The van der Waals surface area contributed by atoms with E-state index < -0.39 is 0 Å². The van der Waals surface area contributed by atoms with Gasteiger partial charge in [-0.3, -0.25) is 0 Å². The van der Waals surface area contributed by atoms with Crippen molar-refractivity contribution in [1.82, 2.24) is 4.57 Å². The second kappa shape index (κ2) is 13.2. The highest BCUT2D eigenvalue weighted by Crippen LogP contribution is 2.55. The summed E-state index contributed by atoms with van der Waals surface area (Å²) in [5, 5.41) is 4.64. The SMILES string of the molecule is CC1(C)c2ccccc2-c2c(-c3ccccc3N(c3ccccc3-c3cccc4c3oc3ccccc34)c3cccc4c5ccccc5n(-c5ccccc5)c34)cccc21. The molecule has 0 radical (unpaired) electrons. The Morgan fingerprint density at radius 1 is 0.400 bits per heavy atom. The van der Waals surface area contributed by atoms with Gasteiger partial charge in [-0.1, -0.05) is 178 Å². The van der Waals surface area contributed by atoms with Crippen molar-refractivity contribution < 1.29 is 4.42 Å². The molecule has 9 aromatic carbocycles. The molecule has 3 heteroatoms. The summed E-state index contributed by atoms with van der Waals surface area (Å²) in [6, 6.07) is 74.9. The van der Waals surface area contributed by atoms with Crippen LogP contribution in [0, 0.1) is 0 Å². The Morgan fingerprint density at radius 3 is 1.75 bits per heavy atom. The quantitative estimate of drug-likeness (QED) is 0.168. The normalized spacial score (nSPS) is 13.0. The molecule has 0 spiro atoms. The van der Waals surface area contributed by atoms with Gasteiger partial charge in [0.2, 0.25) is 0 Å². The topological polar surface area (TPSA) is 21.3 Å². The number of benzene rings is 9. The zero-order chi connectivity index (χ0) is 40.0. The molecule has 0 fully saturated rings. The molecule has 1 aliphatic carbocycles. The summed E-state index contributed by atoms with van der Waals surface area (Å²) in [5.41, 5.74) is 18.1. The van der Waals surface area contributed by atoms with Crippen LogP contribution in [0.4, 0.5) is 17.1 Å². The molecule has 0 saturated heterocycles. The third-order valence-corrected chi connectivity index (χ3v) is 12.8. The van der Waals surface area contributed by atoms with Gasteiger partial charge in [0.1, 0.15) is 11.2 Å². The molecule has 11 aromatic rings. The lowest BCUT2D eigenvalue weighted by atomic mass is 9.82. The molecule has 0 aliphatic heterocycles. The molecule has 0 bridgehead atoms. The van der Waals surface area contributed by atoms with Gasteiger partial charge in [-0.25, -0.2) is 0 Å². The zero-order valence-corrected chi connectivity index (χ0v) is 33.4. The lowest BCUT2D eigenvalue weighted by Gasteiger charge is -2.31. The minimum atomic E-state index is -0.128. The van der Waals surface area contributed by atoms with E-state index in [1.54, 1.807) is 0 Å². The van der Waals surface area contributed by atoms with Gasteiger partial charge in [0.15, 0.2) is 0 Å². The maximum Gasteiger partial charge on any atom is 0.143 e. The minimum Gasteiger partial charge on any atom is -0.455 e. The van der Waals surface area contributed by atoms with Crippen molar-refractivity contribution in [2.24, 2.45) is 0 Å². The molecular formula is C57H40N2O. The van der Waals surface area contributed by atoms with E-state index in [1.165, 1.54) is 44.1 Å². The molecule has 12 rings (SSSR count). The van der Waals surface area contributed by atoms with Crippen molar-refractivity contribution in [1.29, 1.82) is 0 Å². The summed E-state index contributed by atoms with van der Waals surface area (Å²) in [7, 11) is 0. The van der Waals surface area contributed by atoms with E-state index in [1.807, 2.05) is 6.07 Å². The monoisotopic (exact) mass is 768 g/mol. The Kier molecular flexibility index (Phi) is 7.58. The fourth-order valence-electron chi connectivity index (χ4n) is 10.1. The first-order valence-electron chi connectivity index (χ1n) is 20.8. The van der Waals surface area contributed by atoms with Crippen LogP contribution in [0.1, 0.15) is 25.0 Å². The van der Waals surface area contributed by atoms with Gasteiger partial charge < -0.3 is 13.9 Å². The van der Waals surface area contributed by atoms with Crippen LogP contribution in [0.25, 0.3) is 82.8 Å². The third-order valence-electron chi connectivity index (χ3n) is 12.8. The average molecular weight is 769 g/mol. The molecule has 0 saturated carbocycles. The first-order chi connectivity index (χ1) is 29.6. The van der Waals surface area contributed by atoms with Crippen LogP contribution >= 0.6 is 0 Å². The van der Waals surface area contributed by atoms with Crippen LogP contribution in [-0.2, 0) is 5.41 Å². The predicted molar refractivity (Wildman–Crippen MR) is 251 cm³/mol. The molecule has 0 amide bonds. The van der Waals surface area contributed by atoms with E-state index in [0.717, 1.165) is 66.9 Å². The smallest absolute Gasteiger partial charge is 0.143 e. The van der Waals surface area contributed by atoms with Gasteiger partial charge in [0, 0.05) is 49.3 Å². The number of rotatable bonds is 6. The fraction of sp³-hybridized carbons (Fsp3) is 0.0526. The lowest BCUT2D eigenvalue weighted by Crippen LogP contribution is -2.15. The molecular weight excluding hydrogens is 729 g/mol. The molecule has 0 unspecified atom stereocenters. The molecule has 1 aliphatic rings. The van der Waals surface area contributed by atoms with Crippen molar-refractivity contribution in [2.75, 3.05) is 4.90 Å². The van der Waals surface area contributed by atoms with Crippen LogP contribution in [0.3, 0.4) is 0 Å². The number of anilines is 3. The number of nitrogens with zero attached hydrogens (tertiary/aromatic N) is 2. The molecule has 284 valence electrons. The summed E-state index contributed by atoms with van der Waals surface area (Å²) >= 11 is 0. The van der Waals surface area contributed by atoms with Gasteiger partial charge in [-0.2, -0.15) is 0 Å². The number of aromatic nitrogens is 1. The summed E-state index contributed by atoms with van der Waals surface area (Å²) in [5.74, 6) is 0. The van der Waals surface area contributed by atoms with Gasteiger partial charge in [0.05, 0.1) is 28.1 Å². The summed E-state index contributed by atoms with van der Waals surface area (Å²) in [6.45, 7) is 4.72. The van der Waals surface area contributed by atoms with E-state index in [0.29, 0.717) is 0 Å². The number of hydrogen-bond donors (Lipinski definition) is 0. The second-order valence-electron chi connectivity index (χ2n) is 16.4. The standard InChI is InChI=1S/C57H40N2O/c1-57(2)47-30-11-6-25-46(47)54-42(26-17-31-48(54)57)38-21-7-13-33-50(38)59(51-34-14-9-23-40(51)44-28-16-29-45-41-24-10-15-36-53(41)60-56(44)45)52-35-18-27-43-39-22-8-12-32-49(39)58(55(43)52)37-19-4-3-5-20-37/h3-36H,1-2H3. The third kappa shape index (κ3) is 4.96.